The molecule has 3 atom stereocenters. The number of hydrogen-bond acceptors (Lipinski definition) is 4. The first-order chi connectivity index (χ1) is 7.61. The van der Waals surface area contributed by atoms with E-state index in [1.165, 1.54) is 6.42 Å². The maximum absolute atomic E-state index is 11.7. The van der Waals surface area contributed by atoms with Crippen LogP contribution < -0.4 is 5.73 Å². The van der Waals surface area contributed by atoms with E-state index in [1.807, 2.05) is 13.8 Å². The fourth-order valence-electron chi connectivity index (χ4n) is 2.63. The molecule has 0 saturated carbocycles. The van der Waals surface area contributed by atoms with Crippen molar-refractivity contribution in [1.82, 2.24) is 4.90 Å². The van der Waals surface area contributed by atoms with Crippen molar-refractivity contribution in [2.45, 2.75) is 58.2 Å². The molecule has 1 aliphatic rings. The zero-order valence-corrected chi connectivity index (χ0v) is 10.6. The van der Waals surface area contributed by atoms with Gasteiger partial charge in [-0.05, 0) is 33.6 Å². The molecule has 3 unspecified atom stereocenters. The summed E-state index contributed by atoms with van der Waals surface area (Å²) in [5.74, 6) is -0.130. The fraction of sp³-hybridized carbons (Fsp3) is 0.917. The van der Waals surface area contributed by atoms with Crippen LogP contribution >= 0.6 is 0 Å². The van der Waals surface area contributed by atoms with Gasteiger partial charge in [-0.25, -0.2) is 0 Å². The summed E-state index contributed by atoms with van der Waals surface area (Å²) in [7, 11) is 0. The van der Waals surface area contributed by atoms with E-state index in [4.69, 9.17) is 10.5 Å². The topological polar surface area (TPSA) is 55.6 Å². The average Bonchev–Trinajstić information content (AvgIpc) is 2.28. The third-order valence-corrected chi connectivity index (χ3v) is 3.44. The van der Waals surface area contributed by atoms with E-state index in [0.717, 1.165) is 12.8 Å². The van der Waals surface area contributed by atoms with Crippen LogP contribution in [0.25, 0.3) is 0 Å². The molecule has 0 radical (unpaired) electrons. The molecular weight excluding hydrogens is 204 g/mol. The standard InChI is InChI=1S/C12H24N2O2/c1-4-16-12(15)10(3)14-9(2)6-5-7-11(14)8-13/h9-11H,4-8,13H2,1-3H3. The molecule has 1 heterocycles. The van der Waals surface area contributed by atoms with Gasteiger partial charge in [0.1, 0.15) is 6.04 Å². The van der Waals surface area contributed by atoms with Gasteiger partial charge in [-0.2, -0.15) is 0 Å². The van der Waals surface area contributed by atoms with Gasteiger partial charge in [0.05, 0.1) is 6.61 Å². The molecule has 0 aromatic heterocycles. The minimum absolute atomic E-state index is 0.130. The van der Waals surface area contributed by atoms with Crippen LogP contribution in [0, 0.1) is 0 Å². The van der Waals surface area contributed by atoms with Crippen molar-refractivity contribution in [2.75, 3.05) is 13.2 Å². The van der Waals surface area contributed by atoms with Crippen LogP contribution in [0.1, 0.15) is 40.0 Å². The fourth-order valence-corrected chi connectivity index (χ4v) is 2.63. The summed E-state index contributed by atoms with van der Waals surface area (Å²) >= 11 is 0. The normalized spacial score (nSPS) is 28.8. The van der Waals surface area contributed by atoms with Crippen molar-refractivity contribution in [1.29, 1.82) is 0 Å². The molecule has 16 heavy (non-hydrogen) atoms. The number of piperidine rings is 1. The van der Waals surface area contributed by atoms with Crippen molar-refractivity contribution in [3.8, 4) is 0 Å². The van der Waals surface area contributed by atoms with Gasteiger partial charge in [0.25, 0.3) is 0 Å². The van der Waals surface area contributed by atoms with Crippen LogP contribution in [0.5, 0.6) is 0 Å². The molecule has 4 heteroatoms. The number of likely N-dealkylation sites (tertiary alicyclic amines) is 1. The van der Waals surface area contributed by atoms with Gasteiger partial charge in [-0.1, -0.05) is 6.42 Å². The molecule has 0 aliphatic carbocycles. The van der Waals surface area contributed by atoms with Crippen LogP contribution in [0.2, 0.25) is 0 Å². The van der Waals surface area contributed by atoms with Crippen LogP contribution in [-0.2, 0) is 9.53 Å². The third-order valence-electron chi connectivity index (χ3n) is 3.44. The van der Waals surface area contributed by atoms with Gasteiger partial charge in [0.15, 0.2) is 0 Å². The molecule has 2 N–H and O–H groups in total. The SMILES string of the molecule is CCOC(=O)C(C)N1C(C)CCCC1CN. The first-order valence-corrected chi connectivity index (χ1v) is 6.25. The summed E-state index contributed by atoms with van der Waals surface area (Å²) in [4.78, 5) is 14.0. The molecule has 0 spiro atoms. The van der Waals surface area contributed by atoms with Crippen molar-refractivity contribution in [3.05, 3.63) is 0 Å². The summed E-state index contributed by atoms with van der Waals surface area (Å²) in [6, 6.07) is 0.564. The zero-order chi connectivity index (χ0) is 12.1. The summed E-state index contributed by atoms with van der Waals surface area (Å²) in [6.07, 6.45) is 3.43. The van der Waals surface area contributed by atoms with E-state index < -0.39 is 0 Å². The number of carbonyl (C=O) groups is 1. The molecule has 0 amide bonds. The number of ether oxygens (including phenoxy) is 1. The lowest BCUT2D eigenvalue weighted by Gasteiger charge is -2.42. The lowest BCUT2D eigenvalue weighted by Crippen LogP contribution is -2.55. The Bertz CT molecular complexity index is 233. The summed E-state index contributed by atoms with van der Waals surface area (Å²) in [5, 5.41) is 0. The van der Waals surface area contributed by atoms with Gasteiger partial charge >= 0.3 is 5.97 Å². The van der Waals surface area contributed by atoms with E-state index >= 15 is 0 Å². The molecule has 1 rings (SSSR count). The van der Waals surface area contributed by atoms with Crippen LogP contribution in [0.4, 0.5) is 0 Å². The number of nitrogens with zero attached hydrogens (tertiary/aromatic N) is 1. The maximum atomic E-state index is 11.7. The predicted octanol–water partition coefficient (Wildman–Crippen LogP) is 1.14. The quantitative estimate of drug-likeness (QED) is 0.733. The van der Waals surface area contributed by atoms with Gasteiger partial charge in [-0.3, -0.25) is 9.69 Å². The van der Waals surface area contributed by atoms with E-state index in [1.54, 1.807) is 0 Å². The number of carbonyl (C=O) groups excluding carboxylic acids is 1. The van der Waals surface area contributed by atoms with Gasteiger partial charge in [-0.15, -0.1) is 0 Å². The second-order valence-electron chi connectivity index (χ2n) is 4.54. The Balaban J connectivity index is 2.68. The van der Waals surface area contributed by atoms with Crippen molar-refractivity contribution < 1.29 is 9.53 Å². The Kier molecular flexibility index (Phi) is 5.22. The number of esters is 1. The Morgan fingerprint density at radius 2 is 2.25 bits per heavy atom. The first-order valence-electron chi connectivity index (χ1n) is 6.25. The Morgan fingerprint density at radius 1 is 1.56 bits per heavy atom. The highest BCUT2D eigenvalue weighted by molar-refractivity contribution is 5.75. The monoisotopic (exact) mass is 228 g/mol. The van der Waals surface area contributed by atoms with E-state index in [0.29, 0.717) is 25.2 Å². The summed E-state index contributed by atoms with van der Waals surface area (Å²) in [5.41, 5.74) is 5.77. The third kappa shape index (κ3) is 2.95. The molecule has 1 fully saturated rings. The Hall–Kier alpha value is -0.610. The van der Waals surface area contributed by atoms with Gasteiger partial charge in [0.2, 0.25) is 0 Å². The summed E-state index contributed by atoms with van der Waals surface area (Å²) < 4.78 is 5.08. The van der Waals surface area contributed by atoms with Gasteiger partial charge in [0, 0.05) is 18.6 Å². The van der Waals surface area contributed by atoms with E-state index in [2.05, 4.69) is 11.8 Å². The van der Waals surface area contributed by atoms with E-state index in [9.17, 15) is 4.79 Å². The highest BCUT2D eigenvalue weighted by Gasteiger charge is 2.34. The molecule has 1 saturated heterocycles. The summed E-state index contributed by atoms with van der Waals surface area (Å²) in [6.45, 7) is 6.98. The van der Waals surface area contributed by atoms with Gasteiger partial charge < -0.3 is 10.5 Å². The predicted molar refractivity (Wildman–Crippen MR) is 64.1 cm³/mol. The highest BCUT2D eigenvalue weighted by Crippen LogP contribution is 2.24. The molecule has 94 valence electrons. The molecular formula is C12H24N2O2. The smallest absolute Gasteiger partial charge is 0.323 e. The second-order valence-corrected chi connectivity index (χ2v) is 4.54. The lowest BCUT2D eigenvalue weighted by molar-refractivity contribution is -0.151. The minimum Gasteiger partial charge on any atom is -0.465 e. The Labute approximate surface area is 98.1 Å². The maximum Gasteiger partial charge on any atom is 0.323 e. The number of nitrogens with two attached hydrogens (primary N) is 1. The molecule has 4 nitrogen and oxygen atoms in total. The van der Waals surface area contributed by atoms with E-state index in [-0.39, 0.29) is 12.0 Å². The zero-order valence-electron chi connectivity index (χ0n) is 10.6. The first kappa shape index (κ1) is 13.5. The molecule has 0 aromatic carbocycles. The molecule has 1 aliphatic heterocycles. The number of hydrogen-bond donors (Lipinski definition) is 1. The molecule has 0 aromatic rings. The lowest BCUT2D eigenvalue weighted by atomic mass is 9.94. The minimum atomic E-state index is -0.177. The van der Waals surface area contributed by atoms with Crippen molar-refractivity contribution >= 4 is 5.97 Å². The van der Waals surface area contributed by atoms with Crippen LogP contribution in [0.15, 0.2) is 0 Å². The van der Waals surface area contributed by atoms with Crippen LogP contribution in [-0.4, -0.2) is 42.1 Å². The number of rotatable bonds is 4. The van der Waals surface area contributed by atoms with Crippen LogP contribution in [0.3, 0.4) is 0 Å². The Morgan fingerprint density at radius 3 is 2.81 bits per heavy atom. The second kappa shape index (κ2) is 6.21. The highest BCUT2D eigenvalue weighted by atomic mass is 16.5. The van der Waals surface area contributed by atoms with Crippen molar-refractivity contribution in [2.24, 2.45) is 5.73 Å². The largest absolute Gasteiger partial charge is 0.465 e. The van der Waals surface area contributed by atoms with Crippen molar-refractivity contribution in [3.63, 3.8) is 0 Å². The average molecular weight is 228 g/mol. The molecule has 0 bridgehead atoms.